The predicted octanol–water partition coefficient (Wildman–Crippen LogP) is 4.03. The van der Waals surface area contributed by atoms with Crippen LogP contribution in [0.1, 0.15) is 63.1 Å². The lowest BCUT2D eigenvalue weighted by atomic mass is 10.0. The van der Waals surface area contributed by atoms with Gasteiger partial charge < -0.3 is 15.1 Å². The maximum absolute atomic E-state index is 13.0. The molecule has 1 saturated heterocycles. The molecule has 2 aromatic rings. The van der Waals surface area contributed by atoms with Gasteiger partial charge in [0.25, 0.3) is 11.8 Å². The lowest BCUT2D eigenvalue weighted by Crippen LogP contribution is -2.53. The minimum atomic E-state index is -0.116. The summed E-state index contributed by atoms with van der Waals surface area (Å²) in [5.41, 5.74) is 5.69. The number of hydrogen-bond acceptors (Lipinski definition) is 3. The summed E-state index contributed by atoms with van der Waals surface area (Å²) in [6.07, 6.45) is 4.42. The summed E-state index contributed by atoms with van der Waals surface area (Å²) in [6, 6.07) is 11.7. The van der Waals surface area contributed by atoms with E-state index in [0.717, 1.165) is 43.5 Å². The summed E-state index contributed by atoms with van der Waals surface area (Å²) in [4.78, 5) is 29.9. The monoisotopic (exact) mass is 391 g/mol. The molecule has 2 amide bonds. The SMILES string of the molecule is Cc1ccc(CNC(=O)c2ccc3c(c2)N(C)[C@@H]2CCCCCN2C3=O)cc1C. The first-order chi connectivity index (χ1) is 14.0. The van der Waals surface area contributed by atoms with E-state index in [1.54, 1.807) is 12.1 Å². The molecule has 2 aliphatic rings. The largest absolute Gasteiger partial charge is 0.354 e. The molecule has 2 heterocycles. The van der Waals surface area contributed by atoms with E-state index in [1.807, 2.05) is 24.1 Å². The summed E-state index contributed by atoms with van der Waals surface area (Å²) in [5.74, 6) is -0.0257. The van der Waals surface area contributed by atoms with Gasteiger partial charge in [0.2, 0.25) is 0 Å². The first-order valence-electron chi connectivity index (χ1n) is 10.5. The number of carbonyl (C=O) groups excluding carboxylic acids is 2. The molecule has 4 rings (SSSR count). The van der Waals surface area contributed by atoms with Crippen LogP contribution in [0, 0.1) is 13.8 Å². The Morgan fingerprint density at radius 2 is 1.90 bits per heavy atom. The van der Waals surface area contributed by atoms with Gasteiger partial charge in [0.05, 0.1) is 11.3 Å². The Morgan fingerprint density at radius 3 is 2.69 bits per heavy atom. The molecule has 0 spiro atoms. The lowest BCUT2D eigenvalue weighted by molar-refractivity contribution is 0.0661. The lowest BCUT2D eigenvalue weighted by Gasteiger charge is -2.43. The van der Waals surface area contributed by atoms with E-state index in [-0.39, 0.29) is 18.0 Å². The number of aryl methyl sites for hydroxylation is 2. The molecular formula is C24H29N3O2. The van der Waals surface area contributed by atoms with E-state index >= 15 is 0 Å². The number of anilines is 1. The van der Waals surface area contributed by atoms with Crippen LogP contribution in [0.4, 0.5) is 5.69 Å². The molecule has 0 saturated carbocycles. The van der Waals surface area contributed by atoms with Gasteiger partial charge in [-0.05, 0) is 68.0 Å². The molecule has 0 radical (unpaired) electrons. The van der Waals surface area contributed by atoms with Gasteiger partial charge in [0, 0.05) is 25.7 Å². The van der Waals surface area contributed by atoms with Gasteiger partial charge in [0.1, 0.15) is 6.17 Å². The van der Waals surface area contributed by atoms with Crippen molar-refractivity contribution in [2.45, 2.75) is 52.2 Å². The third kappa shape index (κ3) is 3.74. The molecule has 5 heteroatoms. The van der Waals surface area contributed by atoms with Crippen molar-refractivity contribution in [1.82, 2.24) is 10.2 Å². The first-order valence-corrected chi connectivity index (χ1v) is 10.5. The Kier molecular flexibility index (Phi) is 5.31. The molecule has 2 aliphatic heterocycles. The molecule has 152 valence electrons. The molecule has 29 heavy (non-hydrogen) atoms. The fourth-order valence-electron chi connectivity index (χ4n) is 4.39. The second-order valence-electron chi connectivity index (χ2n) is 8.27. The number of amides is 2. The molecule has 1 N–H and O–H groups in total. The van der Waals surface area contributed by atoms with Crippen LogP contribution >= 0.6 is 0 Å². The fraction of sp³-hybridized carbons (Fsp3) is 0.417. The average molecular weight is 392 g/mol. The normalized spacial score (nSPS) is 18.7. The second kappa shape index (κ2) is 7.90. The quantitative estimate of drug-likeness (QED) is 0.860. The van der Waals surface area contributed by atoms with Crippen LogP contribution in [-0.4, -0.2) is 36.5 Å². The van der Waals surface area contributed by atoms with Crippen LogP contribution in [-0.2, 0) is 6.54 Å². The number of nitrogens with zero attached hydrogens (tertiary/aromatic N) is 2. The van der Waals surface area contributed by atoms with Crippen LogP contribution in [0.15, 0.2) is 36.4 Å². The Labute approximate surface area is 172 Å². The Bertz CT molecular complexity index is 953. The van der Waals surface area contributed by atoms with E-state index in [4.69, 9.17) is 0 Å². The predicted molar refractivity (Wildman–Crippen MR) is 115 cm³/mol. The van der Waals surface area contributed by atoms with Gasteiger partial charge in [-0.3, -0.25) is 9.59 Å². The number of hydrogen-bond donors (Lipinski definition) is 1. The van der Waals surface area contributed by atoms with Crippen molar-refractivity contribution in [2.75, 3.05) is 18.5 Å². The van der Waals surface area contributed by atoms with E-state index in [1.165, 1.54) is 11.1 Å². The van der Waals surface area contributed by atoms with Gasteiger partial charge in [-0.15, -0.1) is 0 Å². The maximum Gasteiger partial charge on any atom is 0.257 e. The zero-order valence-electron chi connectivity index (χ0n) is 17.5. The molecule has 1 atom stereocenters. The Morgan fingerprint density at radius 1 is 1.07 bits per heavy atom. The number of nitrogens with one attached hydrogen (secondary N) is 1. The summed E-state index contributed by atoms with van der Waals surface area (Å²) >= 11 is 0. The maximum atomic E-state index is 13.0. The van der Waals surface area contributed by atoms with Crippen molar-refractivity contribution in [3.05, 3.63) is 64.2 Å². The third-order valence-electron chi connectivity index (χ3n) is 6.32. The van der Waals surface area contributed by atoms with E-state index in [2.05, 4.69) is 36.2 Å². The summed E-state index contributed by atoms with van der Waals surface area (Å²) < 4.78 is 0. The zero-order valence-corrected chi connectivity index (χ0v) is 17.5. The second-order valence-corrected chi connectivity index (χ2v) is 8.27. The summed E-state index contributed by atoms with van der Waals surface area (Å²) in [5, 5.41) is 3.01. The minimum Gasteiger partial charge on any atom is -0.354 e. The van der Waals surface area contributed by atoms with Crippen molar-refractivity contribution >= 4 is 17.5 Å². The molecular weight excluding hydrogens is 362 g/mol. The molecule has 2 aromatic carbocycles. The van der Waals surface area contributed by atoms with Crippen molar-refractivity contribution in [3.63, 3.8) is 0 Å². The van der Waals surface area contributed by atoms with Gasteiger partial charge in [-0.1, -0.05) is 24.6 Å². The van der Waals surface area contributed by atoms with Crippen molar-refractivity contribution in [2.24, 2.45) is 0 Å². The van der Waals surface area contributed by atoms with Gasteiger partial charge in [-0.2, -0.15) is 0 Å². The fourth-order valence-corrected chi connectivity index (χ4v) is 4.39. The third-order valence-corrected chi connectivity index (χ3v) is 6.32. The number of fused-ring (bicyclic) bond motifs is 2. The van der Waals surface area contributed by atoms with Crippen molar-refractivity contribution in [1.29, 1.82) is 0 Å². The van der Waals surface area contributed by atoms with Crippen LogP contribution in [0.2, 0.25) is 0 Å². The summed E-state index contributed by atoms with van der Waals surface area (Å²) in [7, 11) is 2.03. The van der Waals surface area contributed by atoms with Gasteiger partial charge >= 0.3 is 0 Å². The smallest absolute Gasteiger partial charge is 0.257 e. The molecule has 0 aromatic heterocycles. The standard InChI is InChI=1S/C24H29N3O2/c1-16-8-9-18(13-17(16)2)15-25-23(28)19-10-11-20-21(14-19)26(3)22-7-5-4-6-12-27(22)24(20)29/h8-11,13-14,22H,4-7,12,15H2,1-3H3,(H,25,28)/t22-/m0/s1. The highest BCUT2D eigenvalue weighted by molar-refractivity contribution is 6.04. The zero-order chi connectivity index (χ0) is 20.5. The van der Waals surface area contributed by atoms with E-state index in [9.17, 15) is 9.59 Å². The van der Waals surface area contributed by atoms with Gasteiger partial charge in [-0.25, -0.2) is 0 Å². The molecule has 0 unspecified atom stereocenters. The Hall–Kier alpha value is -2.82. The molecule has 0 bridgehead atoms. The molecule has 5 nitrogen and oxygen atoms in total. The van der Waals surface area contributed by atoms with Gasteiger partial charge in [0.15, 0.2) is 0 Å². The van der Waals surface area contributed by atoms with E-state index < -0.39 is 0 Å². The van der Waals surface area contributed by atoms with E-state index in [0.29, 0.717) is 17.7 Å². The molecule has 0 aliphatic carbocycles. The summed E-state index contributed by atoms with van der Waals surface area (Å²) in [6.45, 7) is 5.46. The van der Waals surface area contributed by atoms with Crippen LogP contribution in [0.5, 0.6) is 0 Å². The minimum absolute atomic E-state index is 0.0892. The molecule has 1 fully saturated rings. The first kappa shape index (κ1) is 19.5. The van der Waals surface area contributed by atoms with Crippen molar-refractivity contribution < 1.29 is 9.59 Å². The van der Waals surface area contributed by atoms with Crippen LogP contribution in [0.3, 0.4) is 0 Å². The topological polar surface area (TPSA) is 52.7 Å². The average Bonchev–Trinajstić information content (AvgIpc) is 2.99. The number of benzene rings is 2. The number of carbonyl (C=O) groups is 2. The van der Waals surface area contributed by atoms with Crippen LogP contribution < -0.4 is 10.2 Å². The number of rotatable bonds is 3. The highest BCUT2D eigenvalue weighted by Crippen LogP contribution is 2.34. The van der Waals surface area contributed by atoms with Crippen molar-refractivity contribution in [3.8, 4) is 0 Å². The highest BCUT2D eigenvalue weighted by Gasteiger charge is 2.36. The van der Waals surface area contributed by atoms with Crippen LogP contribution in [0.25, 0.3) is 0 Å². The Balaban J connectivity index is 1.53. The highest BCUT2D eigenvalue weighted by atomic mass is 16.2.